The Balaban J connectivity index is 2.72. The van der Waals surface area contributed by atoms with Crippen molar-refractivity contribution < 1.29 is 14.7 Å². The van der Waals surface area contributed by atoms with Gasteiger partial charge in [0.1, 0.15) is 6.04 Å². The summed E-state index contributed by atoms with van der Waals surface area (Å²) in [6.45, 7) is 5.77. The molecule has 0 saturated carbocycles. The van der Waals surface area contributed by atoms with Gasteiger partial charge in [0, 0.05) is 11.4 Å². The fourth-order valence-electron chi connectivity index (χ4n) is 1.23. The first-order valence-electron chi connectivity index (χ1n) is 5.20. The lowest BCUT2D eigenvalue weighted by Gasteiger charge is -2.11. The molecule has 0 aliphatic rings. The average Bonchev–Trinajstić information content (AvgIpc) is 2.59. The van der Waals surface area contributed by atoms with Crippen molar-refractivity contribution in [1.82, 2.24) is 10.3 Å². The zero-order chi connectivity index (χ0) is 13.0. The van der Waals surface area contributed by atoms with E-state index in [1.165, 1.54) is 11.3 Å². The van der Waals surface area contributed by atoms with Crippen LogP contribution in [0, 0.1) is 6.92 Å². The average molecular weight is 257 g/mol. The van der Waals surface area contributed by atoms with Gasteiger partial charge in [0.05, 0.1) is 0 Å². The number of carbonyl (C=O) groups excluding carboxylic acids is 1. The number of hydrogen-bond acceptors (Lipinski definition) is 5. The highest BCUT2D eigenvalue weighted by Crippen LogP contribution is 2.22. The van der Waals surface area contributed by atoms with Crippen molar-refractivity contribution in [3.8, 4) is 0 Å². The van der Waals surface area contributed by atoms with Crippen molar-refractivity contribution >= 4 is 28.3 Å². The second kappa shape index (κ2) is 5.62. The molecule has 17 heavy (non-hydrogen) atoms. The minimum Gasteiger partial charge on any atom is -0.476 e. The van der Waals surface area contributed by atoms with Crippen LogP contribution >= 0.6 is 11.3 Å². The summed E-state index contributed by atoms with van der Waals surface area (Å²) in [5, 5.41) is 14.8. The number of nitrogens with zero attached hydrogens (tertiary/aromatic N) is 1. The molecule has 94 valence electrons. The van der Waals surface area contributed by atoms with Crippen molar-refractivity contribution in [2.45, 2.75) is 26.8 Å². The number of carboxylic acids is 1. The molecule has 1 aromatic heterocycles. The van der Waals surface area contributed by atoms with Gasteiger partial charge < -0.3 is 15.7 Å². The molecule has 1 rings (SSSR count). The Hall–Kier alpha value is -1.63. The Morgan fingerprint density at radius 3 is 2.65 bits per heavy atom. The van der Waals surface area contributed by atoms with E-state index in [0.717, 1.165) is 0 Å². The summed E-state index contributed by atoms with van der Waals surface area (Å²) in [7, 11) is 0. The summed E-state index contributed by atoms with van der Waals surface area (Å²) in [5.41, 5.74) is 0.0283. The maximum Gasteiger partial charge on any atom is 0.355 e. The Kier molecular flexibility index (Phi) is 4.45. The number of carbonyl (C=O) groups is 2. The number of amides is 1. The number of aryl methyl sites for hydroxylation is 1. The van der Waals surface area contributed by atoms with E-state index < -0.39 is 12.0 Å². The fourth-order valence-corrected chi connectivity index (χ4v) is 2.13. The van der Waals surface area contributed by atoms with Crippen molar-refractivity contribution in [3.05, 3.63) is 10.6 Å². The third-order valence-corrected chi connectivity index (χ3v) is 2.99. The molecule has 0 saturated heterocycles. The normalized spacial score (nSPS) is 11.9. The third kappa shape index (κ3) is 3.42. The van der Waals surface area contributed by atoms with Gasteiger partial charge in [-0.15, -0.1) is 11.3 Å². The van der Waals surface area contributed by atoms with Crippen LogP contribution in [0.5, 0.6) is 0 Å². The maximum atomic E-state index is 11.5. The first kappa shape index (κ1) is 13.4. The van der Waals surface area contributed by atoms with Gasteiger partial charge >= 0.3 is 5.97 Å². The van der Waals surface area contributed by atoms with E-state index in [1.54, 1.807) is 13.8 Å². The van der Waals surface area contributed by atoms with E-state index in [1.807, 2.05) is 6.92 Å². The molecule has 7 heteroatoms. The molecule has 1 aromatic rings. The van der Waals surface area contributed by atoms with E-state index >= 15 is 0 Å². The monoisotopic (exact) mass is 257 g/mol. The third-order valence-electron chi connectivity index (χ3n) is 2.08. The fraction of sp³-hybridized carbons (Fsp3) is 0.500. The predicted molar refractivity (Wildman–Crippen MR) is 65.6 cm³/mol. The van der Waals surface area contributed by atoms with Crippen LogP contribution in [0.1, 0.15) is 29.2 Å². The number of rotatable bonds is 5. The van der Waals surface area contributed by atoms with Crippen molar-refractivity contribution in [2.24, 2.45) is 0 Å². The zero-order valence-corrected chi connectivity index (χ0v) is 10.7. The van der Waals surface area contributed by atoms with E-state index in [0.29, 0.717) is 16.6 Å². The number of anilines is 1. The lowest BCUT2D eigenvalue weighted by Crippen LogP contribution is -2.37. The number of carboxylic acid groups (broad SMARTS) is 1. The molecule has 0 fully saturated rings. The van der Waals surface area contributed by atoms with Crippen LogP contribution in [0.15, 0.2) is 0 Å². The Labute approximate surface area is 103 Å². The number of thiazole rings is 1. The predicted octanol–water partition coefficient (Wildman–Crippen LogP) is 1.09. The molecule has 6 nitrogen and oxygen atoms in total. The second-order valence-electron chi connectivity index (χ2n) is 3.49. The van der Waals surface area contributed by atoms with Gasteiger partial charge in [-0.3, -0.25) is 4.79 Å². The van der Waals surface area contributed by atoms with Crippen LogP contribution in [0.25, 0.3) is 0 Å². The van der Waals surface area contributed by atoms with E-state index in [4.69, 9.17) is 5.11 Å². The molecular formula is C10H15N3O3S. The van der Waals surface area contributed by atoms with Crippen LogP contribution in [-0.4, -0.2) is 34.6 Å². The summed E-state index contributed by atoms with van der Waals surface area (Å²) in [6.07, 6.45) is 0. The highest BCUT2D eigenvalue weighted by atomic mass is 32.1. The van der Waals surface area contributed by atoms with Crippen molar-refractivity contribution in [3.63, 3.8) is 0 Å². The van der Waals surface area contributed by atoms with E-state index in [9.17, 15) is 9.59 Å². The number of hydrogen-bond donors (Lipinski definition) is 3. The molecule has 0 radical (unpaired) electrons. The van der Waals surface area contributed by atoms with Crippen LogP contribution < -0.4 is 10.6 Å². The lowest BCUT2D eigenvalue weighted by molar-refractivity contribution is -0.121. The van der Waals surface area contributed by atoms with E-state index in [2.05, 4.69) is 15.6 Å². The Bertz CT molecular complexity index is 430. The zero-order valence-electron chi connectivity index (χ0n) is 9.90. The molecule has 1 heterocycles. The smallest absolute Gasteiger partial charge is 0.355 e. The number of likely N-dealkylation sites (N-methyl/N-ethyl adjacent to an activating group) is 1. The summed E-state index contributed by atoms with van der Waals surface area (Å²) in [5.74, 6) is -1.20. The first-order valence-corrected chi connectivity index (χ1v) is 6.02. The maximum absolute atomic E-state index is 11.5. The van der Waals surface area contributed by atoms with Crippen LogP contribution in [-0.2, 0) is 4.79 Å². The number of aromatic carboxylic acids is 1. The van der Waals surface area contributed by atoms with Crippen molar-refractivity contribution in [2.75, 3.05) is 11.9 Å². The molecule has 1 atom stereocenters. The summed E-state index contributed by atoms with van der Waals surface area (Å²) < 4.78 is 0. The SMILES string of the molecule is CCNC(=O)C(C)Nc1nc(C(=O)O)c(C)s1. The highest BCUT2D eigenvalue weighted by Gasteiger charge is 2.17. The van der Waals surface area contributed by atoms with Crippen LogP contribution in [0.4, 0.5) is 5.13 Å². The summed E-state index contributed by atoms with van der Waals surface area (Å²) >= 11 is 1.22. The topological polar surface area (TPSA) is 91.3 Å². The van der Waals surface area contributed by atoms with Gasteiger partial charge in [-0.05, 0) is 20.8 Å². The van der Waals surface area contributed by atoms with Gasteiger partial charge in [-0.25, -0.2) is 9.78 Å². The highest BCUT2D eigenvalue weighted by molar-refractivity contribution is 7.15. The van der Waals surface area contributed by atoms with Gasteiger partial charge in [0.2, 0.25) is 5.91 Å². The van der Waals surface area contributed by atoms with E-state index in [-0.39, 0.29) is 11.6 Å². The quantitative estimate of drug-likeness (QED) is 0.734. The summed E-state index contributed by atoms with van der Waals surface area (Å²) in [6, 6.07) is -0.442. The largest absolute Gasteiger partial charge is 0.476 e. The standard InChI is InChI=1S/C10H15N3O3S/c1-4-11-8(14)5(2)12-10-13-7(9(15)16)6(3)17-10/h5H,4H2,1-3H3,(H,11,14)(H,12,13)(H,15,16). The molecule has 0 bridgehead atoms. The molecule has 3 N–H and O–H groups in total. The molecule has 0 spiro atoms. The van der Waals surface area contributed by atoms with Crippen molar-refractivity contribution in [1.29, 1.82) is 0 Å². The minimum atomic E-state index is -1.06. The van der Waals surface area contributed by atoms with Gasteiger partial charge in [-0.2, -0.15) is 0 Å². The molecule has 0 aliphatic heterocycles. The second-order valence-corrected chi connectivity index (χ2v) is 4.69. The first-order chi connectivity index (χ1) is 7.95. The van der Waals surface area contributed by atoms with Crippen LogP contribution in [0.3, 0.4) is 0 Å². The molecule has 1 amide bonds. The molecular weight excluding hydrogens is 242 g/mol. The minimum absolute atomic E-state index is 0.0283. The number of nitrogens with one attached hydrogen (secondary N) is 2. The Morgan fingerprint density at radius 1 is 1.53 bits per heavy atom. The Morgan fingerprint density at radius 2 is 2.18 bits per heavy atom. The molecule has 0 aromatic carbocycles. The van der Waals surface area contributed by atoms with Crippen LogP contribution in [0.2, 0.25) is 0 Å². The van der Waals surface area contributed by atoms with Gasteiger partial charge in [0.25, 0.3) is 0 Å². The number of aromatic nitrogens is 1. The molecule has 0 aliphatic carbocycles. The van der Waals surface area contributed by atoms with Gasteiger partial charge in [0.15, 0.2) is 10.8 Å². The van der Waals surface area contributed by atoms with Gasteiger partial charge in [-0.1, -0.05) is 0 Å². The lowest BCUT2D eigenvalue weighted by atomic mass is 10.3. The molecule has 1 unspecified atom stereocenters. The summed E-state index contributed by atoms with van der Waals surface area (Å²) in [4.78, 5) is 26.8.